The van der Waals surface area contributed by atoms with Crippen LogP contribution in [-0.2, 0) is 15.8 Å². The van der Waals surface area contributed by atoms with E-state index < -0.39 is 10.0 Å². The number of sulfonamides is 1. The quantitative estimate of drug-likeness (QED) is 0.240. The minimum absolute atomic E-state index is 0.0449. The van der Waals surface area contributed by atoms with Gasteiger partial charge in [-0.2, -0.15) is 8.42 Å². The summed E-state index contributed by atoms with van der Waals surface area (Å²) < 4.78 is 28.4. The second-order valence-corrected chi connectivity index (χ2v) is 7.92. The topological polar surface area (TPSA) is 111 Å². The number of hydrogen-bond donors (Lipinski definition) is 3. The number of nitrogens with zero attached hydrogens (tertiary/aromatic N) is 1. The van der Waals surface area contributed by atoms with Crippen LogP contribution in [-0.4, -0.2) is 14.4 Å². The van der Waals surface area contributed by atoms with E-state index in [9.17, 15) is 8.42 Å². The summed E-state index contributed by atoms with van der Waals surface area (Å²) in [5.41, 5.74) is 9.09. The van der Waals surface area contributed by atoms with Gasteiger partial charge in [-0.1, -0.05) is 41.9 Å². The molecule has 0 spiro atoms. The number of hydrazine groups is 1. The number of nitrogens with one attached hydrogen (secondary N) is 1. The number of benzene rings is 2. The zero-order valence-corrected chi connectivity index (χ0v) is 15.3. The molecule has 0 unspecified atom stereocenters. The average molecular weight is 385 g/mol. The van der Waals surface area contributed by atoms with Gasteiger partial charge in [-0.15, -0.1) is 16.2 Å². The Morgan fingerprint density at radius 3 is 2.58 bits per heavy atom. The first kappa shape index (κ1) is 18.6. The molecule has 128 valence electrons. The Hall–Kier alpha value is -1.74. The molecule has 0 heterocycles. The normalized spacial score (nSPS) is 12.2. The molecule has 0 amide bonds. The SMILES string of the molecule is Cc1cc(S(=O)(=O)/N=C(\N)NN)c(SCc2ccccc2)cc1Cl. The minimum Gasteiger partial charge on any atom is -0.368 e. The molecule has 0 aliphatic rings. The van der Waals surface area contributed by atoms with Crippen LogP contribution in [0.5, 0.6) is 0 Å². The van der Waals surface area contributed by atoms with Crippen LogP contribution in [0.1, 0.15) is 11.1 Å². The van der Waals surface area contributed by atoms with Gasteiger partial charge in [0, 0.05) is 15.7 Å². The van der Waals surface area contributed by atoms with Gasteiger partial charge in [0.2, 0.25) is 5.96 Å². The van der Waals surface area contributed by atoms with Gasteiger partial charge in [0.25, 0.3) is 10.0 Å². The maximum Gasteiger partial charge on any atom is 0.286 e. The summed E-state index contributed by atoms with van der Waals surface area (Å²) in [7, 11) is -4.00. The zero-order chi connectivity index (χ0) is 17.7. The van der Waals surface area contributed by atoms with Crippen molar-refractivity contribution in [3.05, 3.63) is 58.6 Å². The van der Waals surface area contributed by atoms with E-state index in [-0.39, 0.29) is 10.9 Å². The van der Waals surface area contributed by atoms with Crippen LogP contribution in [0.4, 0.5) is 0 Å². The first-order valence-corrected chi connectivity index (χ1v) is 9.68. The highest BCUT2D eigenvalue weighted by Crippen LogP contribution is 2.34. The van der Waals surface area contributed by atoms with Gasteiger partial charge in [-0.3, -0.25) is 5.43 Å². The fraction of sp³-hybridized carbons (Fsp3) is 0.133. The number of thioether (sulfide) groups is 1. The Balaban J connectivity index is 2.42. The predicted molar refractivity (Wildman–Crippen MR) is 98.3 cm³/mol. The van der Waals surface area contributed by atoms with Crippen LogP contribution in [0.25, 0.3) is 0 Å². The van der Waals surface area contributed by atoms with Gasteiger partial charge in [0.15, 0.2) is 0 Å². The number of halogens is 1. The van der Waals surface area contributed by atoms with Crippen LogP contribution in [0, 0.1) is 6.92 Å². The number of rotatable bonds is 5. The summed E-state index contributed by atoms with van der Waals surface area (Å²) in [6, 6.07) is 12.8. The molecule has 0 bridgehead atoms. The molecule has 2 aromatic carbocycles. The van der Waals surface area contributed by atoms with Gasteiger partial charge < -0.3 is 5.73 Å². The Kier molecular flexibility index (Phi) is 6.11. The van der Waals surface area contributed by atoms with E-state index in [0.29, 0.717) is 21.2 Å². The predicted octanol–water partition coefficient (Wildman–Crippen LogP) is 2.41. The van der Waals surface area contributed by atoms with Crippen molar-refractivity contribution in [3.8, 4) is 0 Å². The first-order valence-electron chi connectivity index (χ1n) is 6.87. The molecule has 6 nitrogen and oxygen atoms in total. The lowest BCUT2D eigenvalue weighted by Gasteiger charge is -2.11. The van der Waals surface area contributed by atoms with Crippen molar-refractivity contribution in [3.63, 3.8) is 0 Å². The highest BCUT2D eigenvalue weighted by Gasteiger charge is 2.20. The molecular weight excluding hydrogens is 368 g/mol. The molecule has 5 N–H and O–H groups in total. The summed E-state index contributed by atoms with van der Waals surface area (Å²) in [6.07, 6.45) is 0. The number of guanidine groups is 1. The Morgan fingerprint density at radius 1 is 1.29 bits per heavy atom. The largest absolute Gasteiger partial charge is 0.368 e. The molecule has 9 heteroatoms. The van der Waals surface area contributed by atoms with E-state index in [2.05, 4.69) is 4.40 Å². The van der Waals surface area contributed by atoms with Gasteiger partial charge in [0.05, 0.1) is 0 Å². The van der Waals surface area contributed by atoms with Gasteiger partial charge in [-0.25, -0.2) is 5.84 Å². The highest BCUT2D eigenvalue weighted by atomic mass is 35.5. The molecule has 0 radical (unpaired) electrons. The van der Waals surface area contributed by atoms with Crippen LogP contribution < -0.4 is 17.0 Å². The second kappa shape index (κ2) is 7.89. The molecule has 0 atom stereocenters. The summed E-state index contributed by atoms with van der Waals surface area (Å²) in [4.78, 5) is 0.548. The van der Waals surface area contributed by atoms with Crippen LogP contribution in [0.15, 0.2) is 56.7 Å². The van der Waals surface area contributed by atoms with Crippen LogP contribution in [0.2, 0.25) is 5.02 Å². The third kappa shape index (κ3) is 4.64. The van der Waals surface area contributed by atoms with Crippen molar-refractivity contribution in [2.45, 2.75) is 22.5 Å². The number of hydrogen-bond acceptors (Lipinski definition) is 4. The Morgan fingerprint density at radius 2 is 1.96 bits per heavy atom. The van der Waals surface area contributed by atoms with E-state index in [1.54, 1.807) is 13.0 Å². The van der Waals surface area contributed by atoms with E-state index >= 15 is 0 Å². The monoisotopic (exact) mass is 384 g/mol. The van der Waals surface area contributed by atoms with E-state index in [0.717, 1.165) is 5.56 Å². The van der Waals surface area contributed by atoms with E-state index in [1.165, 1.54) is 17.8 Å². The molecule has 2 rings (SSSR count). The maximum absolute atomic E-state index is 12.5. The molecular formula is C15H17ClN4O2S2. The van der Waals surface area contributed by atoms with E-state index in [4.69, 9.17) is 23.2 Å². The summed E-state index contributed by atoms with van der Waals surface area (Å²) in [5.74, 6) is 5.29. The fourth-order valence-electron chi connectivity index (χ4n) is 1.89. The minimum atomic E-state index is -4.00. The first-order chi connectivity index (χ1) is 11.3. The molecule has 0 aliphatic heterocycles. The third-order valence-corrected chi connectivity index (χ3v) is 6.10. The third-order valence-electron chi connectivity index (χ3n) is 3.11. The van der Waals surface area contributed by atoms with Crippen molar-refractivity contribution in [1.29, 1.82) is 0 Å². The molecule has 0 saturated carbocycles. The zero-order valence-electron chi connectivity index (χ0n) is 12.9. The molecule has 0 aromatic heterocycles. The lowest BCUT2D eigenvalue weighted by Crippen LogP contribution is -2.37. The molecule has 0 fully saturated rings. The summed E-state index contributed by atoms with van der Waals surface area (Å²) >= 11 is 7.51. The molecule has 0 saturated heterocycles. The maximum atomic E-state index is 12.5. The average Bonchev–Trinajstić information content (AvgIpc) is 2.55. The summed E-state index contributed by atoms with van der Waals surface area (Å²) in [5, 5.41) is 0.485. The van der Waals surface area contributed by atoms with E-state index in [1.807, 2.05) is 35.8 Å². The van der Waals surface area contributed by atoms with Gasteiger partial charge >= 0.3 is 0 Å². The van der Waals surface area contributed by atoms with Crippen molar-refractivity contribution < 1.29 is 8.42 Å². The van der Waals surface area contributed by atoms with Crippen molar-refractivity contribution in [1.82, 2.24) is 5.43 Å². The Bertz CT molecular complexity index is 855. The summed E-state index contributed by atoms with van der Waals surface area (Å²) in [6.45, 7) is 1.72. The van der Waals surface area contributed by atoms with Crippen molar-refractivity contribution in [2.24, 2.45) is 16.0 Å². The molecule has 0 aliphatic carbocycles. The lowest BCUT2D eigenvalue weighted by molar-refractivity contribution is 0.595. The molecule has 24 heavy (non-hydrogen) atoms. The van der Waals surface area contributed by atoms with Crippen LogP contribution >= 0.6 is 23.4 Å². The second-order valence-electron chi connectivity index (χ2n) is 4.92. The standard InChI is InChI=1S/C15H17ClN4O2S2/c1-10-7-14(24(21,22)20-15(17)19-18)13(8-12(10)16)23-9-11-5-3-2-4-6-11/h2-8H,9,18H2,1H3,(H3,17,19,20). The molecule has 2 aromatic rings. The number of aryl methyl sites for hydroxylation is 1. The lowest BCUT2D eigenvalue weighted by atomic mass is 10.2. The smallest absolute Gasteiger partial charge is 0.286 e. The highest BCUT2D eigenvalue weighted by molar-refractivity contribution is 7.99. The Labute approximate surface area is 150 Å². The fourth-order valence-corrected chi connectivity index (χ4v) is 4.58. The van der Waals surface area contributed by atoms with Gasteiger partial charge in [-0.05, 0) is 30.2 Å². The van der Waals surface area contributed by atoms with Crippen LogP contribution in [0.3, 0.4) is 0 Å². The van der Waals surface area contributed by atoms with Crippen molar-refractivity contribution >= 4 is 39.3 Å². The van der Waals surface area contributed by atoms with Gasteiger partial charge in [0.1, 0.15) is 4.90 Å². The van der Waals surface area contributed by atoms with Crippen molar-refractivity contribution in [2.75, 3.05) is 0 Å². The number of nitrogens with two attached hydrogens (primary N) is 2.